The maximum atomic E-state index is 13.1. The first-order valence-corrected chi connectivity index (χ1v) is 4.62. The zero-order chi connectivity index (χ0) is 12.8. The van der Waals surface area contributed by atoms with Gasteiger partial charge in [0.15, 0.2) is 6.61 Å². The minimum atomic E-state index is -0.824. The predicted molar refractivity (Wildman–Crippen MR) is 53.4 cm³/mol. The Balaban J connectivity index is 2.48. The maximum absolute atomic E-state index is 13.1. The van der Waals surface area contributed by atoms with Gasteiger partial charge in [0.05, 0.1) is 6.42 Å². The van der Waals surface area contributed by atoms with E-state index in [9.17, 15) is 18.4 Å². The second-order valence-corrected chi connectivity index (χ2v) is 3.19. The fourth-order valence-electron chi connectivity index (χ4n) is 1.06. The third-order valence-corrected chi connectivity index (χ3v) is 1.77. The number of hydrogen-bond donors (Lipinski definition) is 2. The van der Waals surface area contributed by atoms with Gasteiger partial charge in [-0.05, 0) is 11.6 Å². The van der Waals surface area contributed by atoms with Crippen LogP contribution in [0.2, 0.25) is 0 Å². The van der Waals surface area contributed by atoms with E-state index in [2.05, 4.69) is 4.84 Å². The third kappa shape index (κ3) is 4.56. The smallest absolute Gasteiger partial charge is 0.248 e. The molecule has 0 fully saturated rings. The minimum Gasteiger partial charge on any atom is -0.368 e. The zero-order valence-electron chi connectivity index (χ0n) is 8.70. The normalized spacial score (nSPS) is 10.0. The molecule has 0 unspecified atom stereocenters. The van der Waals surface area contributed by atoms with E-state index < -0.39 is 30.1 Å². The summed E-state index contributed by atoms with van der Waals surface area (Å²) in [5, 5.41) is 0. The average molecular weight is 244 g/mol. The van der Waals surface area contributed by atoms with Crippen LogP contribution in [0.5, 0.6) is 0 Å². The highest BCUT2D eigenvalue weighted by Crippen LogP contribution is 2.09. The van der Waals surface area contributed by atoms with Crippen LogP contribution < -0.4 is 11.2 Å². The first-order valence-electron chi connectivity index (χ1n) is 4.62. The Morgan fingerprint density at radius 1 is 1.35 bits per heavy atom. The summed E-state index contributed by atoms with van der Waals surface area (Å²) in [6.45, 7) is -0.475. The molecule has 0 aliphatic carbocycles. The van der Waals surface area contributed by atoms with Gasteiger partial charge >= 0.3 is 0 Å². The molecular weight excluding hydrogens is 234 g/mol. The van der Waals surface area contributed by atoms with E-state index in [1.165, 1.54) is 0 Å². The van der Waals surface area contributed by atoms with Crippen LogP contribution in [0, 0.1) is 11.6 Å². The Morgan fingerprint density at radius 2 is 2.06 bits per heavy atom. The summed E-state index contributed by atoms with van der Waals surface area (Å²) in [7, 11) is 0. The van der Waals surface area contributed by atoms with E-state index in [1.807, 2.05) is 5.48 Å². The molecule has 17 heavy (non-hydrogen) atoms. The first kappa shape index (κ1) is 13.0. The molecule has 0 atom stereocenters. The number of primary amides is 1. The molecule has 1 rings (SSSR count). The van der Waals surface area contributed by atoms with Crippen molar-refractivity contribution in [2.24, 2.45) is 5.73 Å². The van der Waals surface area contributed by atoms with Gasteiger partial charge in [0.1, 0.15) is 11.6 Å². The molecule has 0 bridgehead atoms. The standard InChI is InChI=1S/C10H10F2N2O3/c11-7-2-1-6(8(12)4-7)3-10(16)14-17-5-9(13)15/h1-2,4H,3,5H2,(H2,13,15)(H,14,16). The van der Waals surface area contributed by atoms with Crippen molar-refractivity contribution in [3.05, 3.63) is 35.4 Å². The van der Waals surface area contributed by atoms with Gasteiger partial charge in [-0.25, -0.2) is 14.3 Å². The second-order valence-electron chi connectivity index (χ2n) is 3.19. The Hall–Kier alpha value is -2.02. The number of benzene rings is 1. The van der Waals surface area contributed by atoms with E-state index in [0.29, 0.717) is 6.07 Å². The molecule has 0 saturated carbocycles. The van der Waals surface area contributed by atoms with Crippen molar-refractivity contribution in [1.82, 2.24) is 5.48 Å². The molecule has 0 saturated heterocycles. The zero-order valence-corrected chi connectivity index (χ0v) is 8.70. The summed E-state index contributed by atoms with van der Waals surface area (Å²) >= 11 is 0. The summed E-state index contributed by atoms with van der Waals surface area (Å²) in [6.07, 6.45) is -0.328. The van der Waals surface area contributed by atoms with E-state index in [4.69, 9.17) is 5.73 Å². The van der Waals surface area contributed by atoms with E-state index in [1.54, 1.807) is 0 Å². The average Bonchev–Trinajstić information content (AvgIpc) is 2.21. The van der Waals surface area contributed by atoms with Gasteiger partial charge in [0, 0.05) is 6.07 Å². The molecule has 0 aliphatic heterocycles. The molecule has 7 heteroatoms. The monoisotopic (exact) mass is 244 g/mol. The lowest BCUT2D eigenvalue weighted by atomic mass is 10.1. The minimum absolute atomic E-state index is 0.0200. The molecule has 0 aromatic heterocycles. The van der Waals surface area contributed by atoms with Crippen molar-refractivity contribution in [2.75, 3.05) is 6.61 Å². The van der Waals surface area contributed by atoms with E-state index in [-0.39, 0.29) is 12.0 Å². The fraction of sp³-hybridized carbons (Fsp3) is 0.200. The Labute approximate surface area is 95.5 Å². The summed E-state index contributed by atoms with van der Waals surface area (Å²) in [5.74, 6) is -2.97. The Bertz CT molecular complexity index is 438. The van der Waals surface area contributed by atoms with Crippen LogP contribution in [0.15, 0.2) is 18.2 Å². The van der Waals surface area contributed by atoms with Gasteiger partial charge in [0.25, 0.3) is 0 Å². The van der Waals surface area contributed by atoms with Crippen molar-refractivity contribution >= 4 is 11.8 Å². The van der Waals surface area contributed by atoms with Crippen molar-refractivity contribution in [3.63, 3.8) is 0 Å². The van der Waals surface area contributed by atoms with E-state index >= 15 is 0 Å². The number of amides is 2. The molecule has 1 aromatic rings. The topological polar surface area (TPSA) is 81.4 Å². The largest absolute Gasteiger partial charge is 0.368 e. The highest BCUT2D eigenvalue weighted by Gasteiger charge is 2.09. The Kier molecular flexibility index (Phi) is 4.53. The number of hydrogen-bond acceptors (Lipinski definition) is 3. The van der Waals surface area contributed by atoms with Gasteiger partial charge < -0.3 is 5.73 Å². The van der Waals surface area contributed by atoms with Gasteiger partial charge in [-0.3, -0.25) is 14.4 Å². The lowest BCUT2D eigenvalue weighted by Gasteiger charge is -2.05. The lowest BCUT2D eigenvalue weighted by molar-refractivity contribution is -0.137. The van der Waals surface area contributed by atoms with Crippen molar-refractivity contribution < 1.29 is 23.2 Å². The van der Waals surface area contributed by atoms with Crippen LogP contribution in [-0.4, -0.2) is 18.4 Å². The van der Waals surface area contributed by atoms with Crippen LogP contribution in [0.4, 0.5) is 8.78 Å². The van der Waals surface area contributed by atoms with Crippen LogP contribution in [0.3, 0.4) is 0 Å². The third-order valence-electron chi connectivity index (χ3n) is 1.77. The number of halogens is 2. The van der Waals surface area contributed by atoms with Gasteiger partial charge in [-0.1, -0.05) is 6.07 Å². The van der Waals surface area contributed by atoms with Crippen molar-refractivity contribution in [2.45, 2.75) is 6.42 Å². The highest BCUT2D eigenvalue weighted by molar-refractivity contribution is 5.78. The molecule has 2 amide bonds. The first-order chi connectivity index (χ1) is 7.99. The van der Waals surface area contributed by atoms with Gasteiger partial charge in [0.2, 0.25) is 11.8 Å². The summed E-state index contributed by atoms with van der Waals surface area (Å²) < 4.78 is 25.7. The summed E-state index contributed by atoms with van der Waals surface area (Å²) in [5.41, 5.74) is 6.68. The lowest BCUT2D eigenvalue weighted by Crippen LogP contribution is -2.30. The van der Waals surface area contributed by atoms with Crippen LogP contribution in [0.25, 0.3) is 0 Å². The molecule has 0 aliphatic rings. The van der Waals surface area contributed by atoms with E-state index in [0.717, 1.165) is 12.1 Å². The number of nitrogens with two attached hydrogens (primary N) is 1. The highest BCUT2D eigenvalue weighted by atomic mass is 19.1. The molecule has 1 aromatic carbocycles. The van der Waals surface area contributed by atoms with Gasteiger partial charge in [-0.2, -0.15) is 0 Å². The summed E-state index contributed by atoms with van der Waals surface area (Å²) in [6, 6.07) is 2.86. The second kappa shape index (κ2) is 5.90. The number of rotatable bonds is 5. The fourth-order valence-corrected chi connectivity index (χ4v) is 1.06. The molecule has 3 N–H and O–H groups in total. The van der Waals surface area contributed by atoms with Crippen molar-refractivity contribution in [3.8, 4) is 0 Å². The number of nitrogens with one attached hydrogen (secondary N) is 1. The van der Waals surface area contributed by atoms with Crippen LogP contribution in [-0.2, 0) is 20.8 Å². The molecule has 5 nitrogen and oxygen atoms in total. The molecule has 0 heterocycles. The van der Waals surface area contributed by atoms with Crippen LogP contribution in [0.1, 0.15) is 5.56 Å². The molecule has 92 valence electrons. The molecular formula is C10H10F2N2O3. The molecule has 0 spiro atoms. The summed E-state index contributed by atoms with van der Waals surface area (Å²) in [4.78, 5) is 25.9. The number of carbonyl (C=O) groups is 2. The molecule has 0 radical (unpaired) electrons. The SMILES string of the molecule is NC(=O)CONC(=O)Cc1ccc(F)cc1F. The van der Waals surface area contributed by atoms with Crippen molar-refractivity contribution in [1.29, 1.82) is 0 Å². The van der Waals surface area contributed by atoms with Crippen LogP contribution >= 0.6 is 0 Å². The maximum Gasteiger partial charge on any atom is 0.248 e. The quantitative estimate of drug-likeness (QED) is 0.717. The predicted octanol–water partition coefficient (Wildman–Crippen LogP) is 0.0404. The van der Waals surface area contributed by atoms with Gasteiger partial charge in [-0.15, -0.1) is 0 Å². The number of hydroxylamine groups is 1. The Morgan fingerprint density at radius 3 is 2.65 bits per heavy atom. The number of carbonyl (C=O) groups excluding carboxylic acids is 2.